The van der Waals surface area contributed by atoms with E-state index in [0.717, 1.165) is 13.0 Å². The fourth-order valence-corrected chi connectivity index (χ4v) is 5.28. The van der Waals surface area contributed by atoms with Gasteiger partial charge < -0.3 is 13.8 Å². The average molecular weight is 276 g/mol. The fraction of sp³-hybridized carbons (Fsp3) is 1.00. The molecule has 3 atom stereocenters. The van der Waals surface area contributed by atoms with Crippen LogP contribution in [0.2, 0.25) is 0 Å². The lowest BCUT2D eigenvalue weighted by Gasteiger charge is -2.28. The van der Waals surface area contributed by atoms with E-state index in [1.807, 2.05) is 13.8 Å². The van der Waals surface area contributed by atoms with Crippen LogP contribution in [-0.4, -0.2) is 32.1 Å². The van der Waals surface area contributed by atoms with E-state index in [9.17, 15) is 4.57 Å². The predicted octanol–water partition coefficient (Wildman–Crippen LogP) is 3.46. The van der Waals surface area contributed by atoms with Crippen molar-refractivity contribution in [2.45, 2.75) is 45.6 Å². The normalized spacial score (nSPS) is 32.4. The second kappa shape index (κ2) is 6.51. The molecule has 2 rings (SSSR count). The lowest BCUT2D eigenvalue weighted by Crippen LogP contribution is -2.26. The van der Waals surface area contributed by atoms with Gasteiger partial charge in [0.15, 0.2) is 0 Å². The first-order valence-corrected chi connectivity index (χ1v) is 8.91. The number of hydrogen-bond donors (Lipinski definition) is 0. The zero-order chi connectivity index (χ0) is 13.0. The van der Waals surface area contributed by atoms with E-state index in [0.29, 0.717) is 37.3 Å². The van der Waals surface area contributed by atoms with Crippen molar-refractivity contribution < 1.29 is 18.3 Å². The smallest absolute Gasteiger partial charge is 0.331 e. The number of ether oxygens (including phenoxy) is 1. The highest BCUT2D eigenvalue weighted by atomic mass is 31.2. The van der Waals surface area contributed by atoms with Crippen LogP contribution < -0.4 is 0 Å². The molecule has 1 aliphatic carbocycles. The van der Waals surface area contributed by atoms with E-state index in [1.54, 1.807) is 0 Å². The van der Waals surface area contributed by atoms with Crippen molar-refractivity contribution in [2.75, 3.05) is 26.0 Å². The van der Waals surface area contributed by atoms with Crippen LogP contribution in [0.5, 0.6) is 0 Å². The molecule has 0 aromatic rings. The second-order valence-electron chi connectivity index (χ2n) is 5.21. The van der Waals surface area contributed by atoms with Gasteiger partial charge in [-0.2, -0.15) is 0 Å². The van der Waals surface area contributed by atoms with Gasteiger partial charge in [0.25, 0.3) is 0 Å². The number of rotatable bonds is 6. The van der Waals surface area contributed by atoms with Gasteiger partial charge in [0.1, 0.15) is 0 Å². The van der Waals surface area contributed by atoms with Gasteiger partial charge >= 0.3 is 7.60 Å². The molecule has 0 bridgehead atoms. The summed E-state index contributed by atoms with van der Waals surface area (Å²) < 4.78 is 29.2. The number of hydrogen-bond acceptors (Lipinski definition) is 4. The van der Waals surface area contributed by atoms with E-state index in [2.05, 4.69) is 0 Å². The van der Waals surface area contributed by atoms with Crippen molar-refractivity contribution >= 4 is 7.60 Å². The first kappa shape index (κ1) is 14.5. The van der Waals surface area contributed by atoms with E-state index < -0.39 is 7.60 Å². The first-order valence-electron chi connectivity index (χ1n) is 7.18. The molecule has 0 radical (unpaired) electrons. The monoisotopic (exact) mass is 276 g/mol. The highest BCUT2D eigenvalue weighted by Gasteiger charge is 2.42. The molecule has 2 aliphatic rings. The van der Waals surface area contributed by atoms with Gasteiger partial charge in [0, 0.05) is 0 Å². The Kier molecular flexibility index (Phi) is 5.25. The van der Waals surface area contributed by atoms with Crippen LogP contribution in [0.1, 0.15) is 39.5 Å². The van der Waals surface area contributed by atoms with Gasteiger partial charge in [-0.25, -0.2) is 0 Å². The third-order valence-corrected chi connectivity index (χ3v) is 6.21. The average Bonchev–Trinajstić information content (AvgIpc) is 2.73. The summed E-state index contributed by atoms with van der Waals surface area (Å²) in [6.45, 7) is 5.33. The van der Waals surface area contributed by atoms with Gasteiger partial charge in [0.05, 0.1) is 32.1 Å². The summed E-state index contributed by atoms with van der Waals surface area (Å²) in [5.74, 6) is 0.909. The molecule has 0 aromatic carbocycles. The molecule has 2 fully saturated rings. The minimum absolute atomic E-state index is 0.347. The Labute approximate surface area is 110 Å². The van der Waals surface area contributed by atoms with Gasteiger partial charge in [-0.05, 0) is 38.5 Å². The second-order valence-corrected chi connectivity index (χ2v) is 7.31. The lowest BCUT2D eigenvalue weighted by molar-refractivity contribution is 0.0662. The standard InChI is InChI=1S/C13H25O4P/c1-3-16-18(14,17-4-2)10-11-9-15-13-8-6-5-7-12(11)13/h11-13H,3-10H2,1-2H3. The van der Waals surface area contributed by atoms with Crippen LogP contribution in [0, 0.1) is 11.8 Å². The van der Waals surface area contributed by atoms with Crippen molar-refractivity contribution in [3.63, 3.8) is 0 Å². The molecule has 0 amide bonds. The molecular formula is C13H25O4P. The van der Waals surface area contributed by atoms with E-state index in [4.69, 9.17) is 13.8 Å². The lowest BCUT2D eigenvalue weighted by atomic mass is 9.81. The van der Waals surface area contributed by atoms with Crippen LogP contribution in [0.3, 0.4) is 0 Å². The Morgan fingerprint density at radius 3 is 2.50 bits per heavy atom. The minimum atomic E-state index is -2.91. The molecule has 0 N–H and O–H groups in total. The topological polar surface area (TPSA) is 44.8 Å². The van der Waals surface area contributed by atoms with Crippen LogP contribution in [0.15, 0.2) is 0 Å². The van der Waals surface area contributed by atoms with Crippen molar-refractivity contribution in [2.24, 2.45) is 11.8 Å². The molecule has 1 aliphatic heterocycles. The molecule has 1 heterocycles. The molecule has 0 aromatic heterocycles. The van der Waals surface area contributed by atoms with E-state index in [1.165, 1.54) is 19.3 Å². The summed E-state index contributed by atoms with van der Waals surface area (Å²) in [6.07, 6.45) is 5.82. The molecule has 5 heteroatoms. The summed E-state index contributed by atoms with van der Waals surface area (Å²) in [5.41, 5.74) is 0. The molecule has 0 spiro atoms. The van der Waals surface area contributed by atoms with Crippen molar-refractivity contribution in [1.29, 1.82) is 0 Å². The van der Waals surface area contributed by atoms with Gasteiger partial charge in [0.2, 0.25) is 0 Å². The van der Waals surface area contributed by atoms with E-state index >= 15 is 0 Å². The highest BCUT2D eigenvalue weighted by molar-refractivity contribution is 7.53. The Bertz CT molecular complexity index is 297. The SMILES string of the molecule is CCOP(=O)(CC1COC2CCCCC12)OCC. The van der Waals surface area contributed by atoms with Crippen LogP contribution in [0.4, 0.5) is 0 Å². The Morgan fingerprint density at radius 2 is 1.83 bits per heavy atom. The maximum absolute atomic E-state index is 12.5. The maximum atomic E-state index is 12.5. The Morgan fingerprint density at radius 1 is 1.17 bits per heavy atom. The van der Waals surface area contributed by atoms with Crippen LogP contribution in [0.25, 0.3) is 0 Å². The molecule has 18 heavy (non-hydrogen) atoms. The maximum Gasteiger partial charge on any atom is 0.331 e. The quantitative estimate of drug-likeness (QED) is 0.697. The molecule has 3 unspecified atom stereocenters. The van der Waals surface area contributed by atoms with Crippen molar-refractivity contribution in [3.05, 3.63) is 0 Å². The fourth-order valence-electron chi connectivity index (χ4n) is 3.25. The third kappa shape index (κ3) is 3.36. The Hall–Kier alpha value is 0.110. The zero-order valence-corrected chi connectivity index (χ0v) is 12.4. The summed E-state index contributed by atoms with van der Waals surface area (Å²) in [5, 5.41) is 0. The van der Waals surface area contributed by atoms with Gasteiger partial charge in [-0.1, -0.05) is 12.8 Å². The summed E-state index contributed by atoms with van der Waals surface area (Å²) in [4.78, 5) is 0. The van der Waals surface area contributed by atoms with Crippen LogP contribution >= 0.6 is 7.60 Å². The van der Waals surface area contributed by atoms with Crippen LogP contribution in [-0.2, 0) is 18.3 Å². The first-order chi connectivity index (χ1) is 8.68. The number of fused-ring (bicyclic) bond motifs is 1. The summed E-state index contributed by atoms with van der Waals surface area (Å²) in [7, 11) is -2.91. The largest absolute Gasteiger partial charge is 0.378 e. The van der Waals surface area contributed by atoms with Gasteiger partial charge in [-0.15, -0.1) is 0 Å². The Balaban J connectivity index is 1.96. The zero-order valence-electron chi connectivity index (χ0n) is 11.5. The van der Waals surface area contributed by atoms with Crippen molar-refractivity contribution in [3.8, 4) is 0 Å². The third-order valence-electron chi connectivity index (χ3n) is 3.99. The molecule has 1 saturated carbocycles. The minimum Gasteiger partial charge on any atom is -0.378 e. The molecule has 106 valence electrons. The molecule has 4 nitrogen and oxygen atoms in total. The molecule has 1 saturated heterocycles. The van der Waals surface area contributed by atoms with E-state index in [-0.39, 0.29) is 0 Å². The van der Waals surface area contributed by atoms with Gasteiger partial charge in [-0.3, -0.25) is 4.57 Å². The van der Waals surface area contributed by atoms with Crippen molar-refractivity contribution in [1.82, 2.24) is 0 Å². The highest BCUT2D eigenvalue weighted by Crippen LogP contribution is 2.53. The summed E-state index contributed by atoms with van der Waals surface area (Å²) in [6, 6.07) is 0. The predicted molar refractivity (Wildman–Crippen MR) is 70.9 cm³/mol. The summed E-state index contributed by atoms with van der Waals surface area (Å²) >= 11 is 0. The molecular weight excluding hydrogens is 251 g/mol.